The van der Waals surface area contributed by atoms with Crippen LogP contribution in [0, 0.1) is 10.1 Å². The molecule has 0 aliphatic carbocycles. The van der Waals surface area contributed by atoms with E-state index in [1.54, 1.807) is 24.3 Å². The molecule has 0 aromatic heterocycles. The summed E-state index contributed by atoms with van der Waals surface area (Å²) in [6.45, 7) is 0. The van der Waals surface area contributed by atoms with Gasteiger partial charge in [-0.2, -0.15) is 4.89 Å². The number of benzene rings is 2. The van der Waals surface area contributed by atoms with Crippen LogP contribution in [0.5, 0.6) is 0 Å². The lowest BCUT2D eigenvalue weighted by Crippen LogP contribution is -2.42. The van der Waals surface area contributed by atoms with Crippen LogP contribution in [0.1, 0.15) is 11.1 Å². The molecule has 32 heavy (non-hydrogen) atoms. The van der Waals surface area contributed by atoms with Gasteiger partial charge in [-0.05, 0) is 29.8 Å². The summed E-state index contributed by atoms with van der Waals surface area (Å²) in [6.07, 6.45) is 2.37. The van der Waals surface area contributed by atoms with Gasteiger partial charge < -0.3 is 14.3 Å². The van der Waals surface area contributed by atoms with E-state index in [0.29, 0.717) is 11.1 Å². The maximum Gasteiger partial charge on any atom is 0.388 e. The van der Waals surface area contributed by atoms with E-state index in [1.807, 2.05) is 0 Å². The molecule has 2 atom stereocenters. The number of nitro benzene ring substituents is 1. The molecule has 11 nitrogen and oxygen atoms in total. The summed E-state index contributed by atoms with van der Waals surface area (Å²) in [4.78, 5) is 32.6. The topological polar surface area (TPSA) is 139 Å². The summed E-state index contributed by atoms with van der Waals surface area (Å²) in [5.41, 5.74) is 0.402. The Labute approximate surface area is 190 Å². The Kier molecular flexibility index (Phi) is 7.01. The third-order valence-electron chi connectivity index (χ3n) is 4.49. The molecule has 0 amide bonds. The summed E-state index contributed by atoms with van der Waals surface area (Å²) in [6, 6.07) is 12.0. The number of carbonyl (C=O) groups excluding carboxylic acids is 1. The lowest BCUT2D eigenvalue weighted by molar-refractivity contribution is -0.464. The maximum atomic E-state index is 12.4. The second-order valence-electron chi connectivity index (χ2n) is 6.35. The zero-order valence-corrected chi connectivity index (χ0v) is 18.3. The molecule has 0 spiro atoms. The van der Waals surface area contributed by atoms with E-state index in [-0.39, 0.29) is 11.3 Å². The first-order chi connectivity index (χ1) is 15.3. The quantitative estimate of drug-likeness (QED) is 0.142. The van der Waals surface area contributed by atoms with E-state index in [2.05, 4.69) is 26.0 Å². The van der Waals surface area contributed by atoms with Gasteiger partial charge in [0.1, 0.15) is 5.57 Å². The number of oxime groups is 1. The van der Waals surface area contributed by atoms with Crippen LogP contribution in [0.4, 0.5) is 5.69 Å². The van der Waals surface area contributed by atoms with Crippen molar-refractivity contribution in [3.63, 3.8) is 0 Å². The van der Waals surface area contributed by atoms with Crippen molar-refractivity contribution in [3.8, 4) is 0 Å². The van der Waals surface area contributed by atoms with E-state index in [0.717, 1.165) is 17.7 Å². The van der Waals surface area contributed by atoms with Crippen molar-refractivity contribution in [2.75, 3.05) is 14.2 Å². The zero-order valence-electron chi connectivity index (χ0n) is 16.8. The number of carbonyl (C=O) groups is 1. The van der Waals surface area contributed by atoms with Gasteiger partial charge >= 0.3 is 11.9 Å². The predicted octanol–water partition coefficient (Wildman–Crippen LogP) is 3.48. The van der Waals surface area contributed by atoms with Crippen LogP contribution in [0.3, 0.4) is 0 Å². The van der Waals surface area contributed by atoms with Gasteiger partial charge in [-0.1, -0.05) is 33.2 Å². The Morgan fingerprint density at radius 1 is 1.19 bits per heavy atom. The first-order valence-electron chi connectivity index (χ1n) is 8.91. The van der Waals surface area contributed by atoms with E-state index in [9.17, 15) is 20.2 Å². The summed E-state index contributed by atoms with van der Waals surface area (Å²) in [5, 5.41) is 24.2. The van der Waals surface area contributed by atoms with Gasteiger partial charge in [-0.25, -0.2) is 10.1 Å². The van der Waals surface area contributed by atoms with E-state index < -0.39 is 22.7 Å². The highest BCUT2D eigenvalue weighted by molar-refractivity contribution is 9.10. The Morgan fingerprint density at radius 3 is 2.38 bits per heavy atom. The summed E-state index contributed by atoms with van der Waals surface area (Å²) < 4.78 is 16.6. The molecule has 12 heteroatoms. The molecule has 168 valence electrons. The molecule has 0 unspecified atom stereocenters. The number of ether oxygens (including phenoxy) is 3. The molecule has 1 heterocycles. The van der Waals surface area contributed by atoms with Crippen LogP contribution >= 0.6 is 15.9 Å². The van der Waals surface area contributed by atoms with Gasteiger partial charge in [0.15, 0.2) is 0 Å². The lowest BCUT2D eigenvalue weighted by Gasteiger charge is -2.31. The minimum Gasteiger partial charge on any atom is -0.465 e. The summed E-state index contributed by atoms with van der Waals surface area (Å²) in [5.74, 6) is -5.09. The van der Waals surface area contributed by atoms with E-state index >= 15 is 0 Å². The number of hydrogen-bond acceptors (Lipinski definition) is 10. The number of nitrogens with zero attached hydrogens (tertiary/aromatic N) is 2. The largest absolute Gasteiger partial charge is 0.465 e. The van der Waals surface area contributed by atoms with Crippen LogP contribution in [-0.2, 0) is 34.5 Å². The number of methoxy groups -OCH3 is 2. The van der Waals surface area contributed by atoms with Gasteiger partial charge in [0, 0.05) is 35.4 Å². The first kappa shape index (κ1) is 23.5. The van der Waals surface area contributed by atoms with Crippen molar-refractivity contribution < 1.29 is 38.9 Å². The van der Waals surface area contributed by atoms with Crippen molar-refractivity contribution in [3.05, 3.63) is 85.9 Å². The van der Waals surface area contributed by atoms with Crippen LogP contribution < -0.4 is 0 Å². The van der Waals surface area contributed by atoms with Crippen molar-refractivity contribution >= 4 is 33.8 Å². The highest BCUT2D eigenvalue weighted by Gasteiger charge is 2.59. The van der Waals surface area contributed by atoms with E-state index in [4.69, 9.17) is 19.0 Å². The highest BCUT2D eigenvalue weighted by atomic mass is 79.9. The predicted molar refractivity (Wildman–Crippen MR) is 112 cm³/mol. The Balaban J connectivity index is 1.94. The Morgan fingerprint density at radius 2 is 1.84 bits per heavy atom. The zero-order chi connectivity index (χ0) is 23.4. The maximum absolute atomic E-state index is 12.4. The van der Waals surface area contributed by atoms with Gasteiger partial charge in [-0.15, -0.1) is 0 Å². The molecule has 2 aromatic rings. The molecule has 0 saturated heterocycles. The summed E-state index contributed by atoms with van der Waals surface area (Å²) >= 11 is 3.31. The SMILES string of the molecule is COC(=O)C1=C[C@](OO)(c2ccc(Br)cc2)O[C@@]1(OC)O/N=C/c1ccc([N+](=O)[O-])cc1. The van der Waals surface area contributed by atoms with Crippen LogP contribution in [0.15, 0.2) is 69.8 Å². The van der Waals surface area contributed by atoms with Gasteiger partial charge in [0.25, 0.3) is 11.5 Å². The fourth-order valence-corrected chi connectivity index (χ4v) is 3.14. The van der Waals surface area contributed by atoms with Crippen molar-refractivity contribution in [1.29, 1.82) is 0 Å². The number of nitro groups is 1. The minimum atomic E-state index is -2.24. The van der Waals surface area contributed by atoms with Crippen molar-refractivity contribution in [2.45, 2.75) is 11.8 Å². The molecule has 0 saturated carbocycles. The number of non-ortho nitro benzene ring substituents is 1. The molecule has 1 N–H and O–H groups in total. The third kappa shape index (κ3) is 4.54. The standard InChI is InChI=1S/C20H17BrN2O9/c1-28-18(24)17-11-19(32-27,14-5-7-15(21)8-6-14)30-20(17,29-2)31-22-12-13-3-9-16(10-4-13)23(25)26/h3-12,27H,1-2H3/b22-12+/t19-,20+/m0/s1. The average Bonchev–Trinajstić information content (AvgIpc) is 3.15. The Hall–Kier alpha value is -3.16. The molecule has 3 rings (SSSR count). The monoisotopic (exact) mass is 508 g/mol. The van der Waals surface area contributed by atoms with Crippen molar-refractivity contribution in [2.24, 2.45) is 5.16 Å². The third-order valence-corrected chi connectivity index (χ3v) is 5.01. The second-order valence-corrected chi connectivity index (χ2v) is 7.27. The normalized spacial score (nSPS) is 22.6. The van der Waals surface area contributed by atoms with Gasteiger partial charge in [0.05, 0.1) is 18.2 Å². The molecule has 0 bridgehead atoms. The van der Waals surface area contributed by atoms with E-state index in [1.165, 1.54) is 37.6 Å². The van der Waals surface area contributed by atoms with Crippen LogP contribution in [-0.4, -0.2) is 42.6 Å². The molecule has 1 aliphatic heterocycles. The number of rotatable bonds is 8. The summed E-state index contributed by atoms with van der Waals surface area (Å²) in [7, 11) is 2.33. The first-order valence-corrected chi connectivity index (χ1v) is 9.70. The average molecular weight is 509 g/mol. The smallest absolute Gasteiger partial charge is 0.388 e. The van der Waals surface area contributed by atoms with Crippen LogP contribution in [0.25, 0.3) is 0 Å². The lowest BCUT2D eigenvalue weighted by atomic mass is 10.0. The fraction of sp³-hybridized carbons (Fsp3) is 0.200. The molecule has 1 aliphatic rings. The molecule has 0 radical (unpaired) electrons. The Bertz CT molecular complexity index is 1060. The molecular formula is C20H17BrN2O9. The van der Waals surface area contributed by atoms with Crippen molar-refractivity contribution in [1.82, 2.24) is 0 Å². The van der Waals surface area contributed by atoms with Gasteiger partial charge in [-0.3, -0.25) is 14.9 Å². The number of halogens is 1. The second kappa shape index (κ2) is 9.54. The van der Waals surface area contributed by atoms with Crippen LogP contribution in [0.2, 0.25) is 0 Å². The highest BCUT2D eigenvalue weighted by Crippen LogP contribution is 2.45. The fourth-order valence-electron chi connectivity index (χ4n) is 2.87. The molecular weight excluding hydrogens is 492 g/mol. The number of hydrogen-bond donors (Lipinski definition) is 1. The molecule has 0 fully saturated rings. The minimum absolute atomic E-state index is 0.0918. The van der Waals surface area contributed by atoms with Gasteiger partial charge in [0.2, 0.25) is 0 Å². The number of esters is 1. The molecule has 2 aromatic carbocycles.